The van der Waals surface area contributed by atoms with Gasteiger partial charge < -0.3 is 14.4 Å². The molecule has 0 bridgehead atoms. The van der Waals surface area contributed by atoms with Crippen LogP contribution >= 0.6 is 0 Å². The normalized spacial score (nSPS) is 28.6. The monoisotopic (exact) mass is 578 g/mol. The van der Waals surface area contributed by atoms with Crippen molar-refractivity contribution in [1.82, 2.24) is 0 Å². The van der Waals surface area contributed by atoms with Gasteiger partial charge in [0.05, 0.1) is 19.3 Å². The minimum absolute atomic E-state index is 0.234. The fourth-order valence-corrected chi connectivity index (χ4v) is 6.91. The zero-order chi connectivity index (χ0) is 30.3. The topological polar surface area (TPSA) is 34.1 Å². The van der Waals surface area contributed by atoms with Crippen molar-refractivity contribution in [3.05, 3.63) is 94.7 Å². The summed E-state index contributed by atoms with van der Waals surface area (Å²) in [6.07, 6.45) is 18.3. The minimum atomic E-state index is 0.234. The number of anilines is 1. The van der Waals surface area contributed by atoms with Gasteiger partial charge in [-0.25, -0.2) is 0 Å². The van der Waals surface area contributed by atoms with E-state index in [1.807, 2.05) is 7.11 Å². The predicted octanol–water partition coefficient (Wildman–Crippen LogP) is 9.52. The molecule has 2 unspecified atom stereocenters. The van der Waals surface area contributed by atoms with Crippen LogP contribution in [0.3, 0.4) is 0 Å². The molecule has 0 amide bonds. The number of allylic oxidation sites excluding steroid dienone is 7. The minimum Gasteiger partial charge on any atom is -0.495 e. The summed E-state index contributed by atoms with van der Waals surface area (Å²) in [5.74, 6) is 1.90. The van der Waals surface area contributed by atoms with Crippen LogP contribution in [-0.2, 0) is 15.9 Å². The average Bonchev–Trinajstić information content (AvgIpc) is 3.09. The lowest BCUT2D eigenvalue weighted by Crippen LogP contribution is -2.45. The number of ether oxygens (including phenoxy) is 2. The molecule has 2 heterocycles. The second kappa shape index (κ2) is 14.4. The molecule has 1 aliphatic carbocycles. The van der Waals surface area contributed by atoms with Crippen LogP contribution < -0.4 is 4.90 Å². The van der Waals surface area contributed by atoms with Crippen LogP contribution in [0.5, 0.6) is 0 Å². The number of methoxy groups -OCH3 is 1. The molecule has 2 aliphatic heterocycles. The number of fused-ring (bicyclic) bond motifs is 1. The van der Waals surface area contributed by atoms with Gasteiger partial charge in [0.2, 0.25) is 0 Å². The summed E-state index contributed by atoms with van der Waals surface area (Å²) in [6, 6.07) is 15.7. The van der Waals surface area contributed by atoms with Gasteiger partial charge in [0.15, 0.2) is 0 Å². The molecule has 0 radical (unpaired) electrons. The van der Waals surface area contributed by atoms with Crippen molar-refractivity contribution in [2.45, 2.75) is 85.4 Å². The molecule has 3 aliphatic rings. The summed E-state index contributed by atoms with van der Waals surface area (Å²) >= 11 is 0. The molecule has 2 aromatic carbocycles. The third-order valence-corrected chi connectivity index (χ3v) is 9.14. The molecule has 0 saturated carbocycles. The van der Waals surface area contributed by atoms with E-state index in [2.05, 4.69) is 113 Å². The quantitative estimate of drug-likeness (QED) is 0.328. The van der Waals surface area contributed by atoms with Crippen LogP contribution in [-0.4, -0.2) is 38.6 Å². The zero-order valence-electron chi connectivity index (χ0n) is 27.1. The molecule has 5 rings (SSSR count). The maximum Gasteiger partial charge on any atom is 0.134 e. The van der Waals surface area contributed by atoms with Gasteiger partial charge in [-0.05, 0) is 92.7 Å². The van der Waals surface area contributed by atoms with Gasteiger partial charge in [-0.1, -0.05) is 75.4 Å². The van der Waals surface area contributed by atoms with E-state index in [4.69, 9.17) is 14.5 Å². The molecule has 0 spiro atoms. The Kier molecular flexibility index (Phi) is 10.4. The van der Waals surface area contributed by atoms with Gasteiger partial charge in [-0.2, -0.15) is 0 Å². The highest BCUT2D eigenvalue weighted by Gasteiger charge is 2.24. The predicted molar refractivity (Wildman–Crippen MR) is 183 cm³/mol. The molecular weight excluding hydrogens is 528 g/mol. The maximum atomic E-state index is 6.28. The molecular formula is C39H50N2O2. The van der Waals surface area contributed by atoms with E-state index in [9.17, 15) is 0 Å². The first-order chi connectivity index (χ1) is 20.9. The van der Waals surface area contributed by atoms with Crippen molar-refractivity contribution in [2.75, 3.05) is 25.1 Å². The van der Waals surface area contributed by atoms with Crippen molar-refractivity contribution < 1.29 is 9.47 Å². The van der Waals surface area contributed by atoms with Crippen LogP contribution in [0.2, 0.25) is 0 Å². The zero-order valence-corrected chi connectivity index (χ0v) is 27.1. The van der Waals surface area contributed by atoms with E-state index in [1.165, 1.54) is 39.2 Å². The molecule has 4 nitrogen and oxygen atoms in total. The van der Waals surface area contributed by atoms with Gasteiger partial charge in [-0.3, -0.25) is 4.99 Å². The second-order valence-electron chi connectivity index (χ2n) is 12.5. The van der Waals surface area contributed by atoms with Crippen molar-refractivity contribution >= 4 is 28.8 Å². The van der Waals surface area contributed by atoms with Crippen molar-refractivity contribution in [1.29, 1.82) is 0 Å². The Balaban J connectivity index is 1.55. The Morgan fingerprint density at radius 2 is 1.70 bits per heavy atom. The molecule has 228 valence electrons. The second-order valence-corrected chi connectivity index (χ2v) is 12.5. The highest BCUT2D eigenvalue weighted by molar-refractivity contribution is 6.11. The SMILES string of the molecule is CCC(CC)C1=C\CC(C)/C=C(c2cccc3c2CCC/C=C\C(c2ccc(N4CC(C)O[C@@H](C)C4)cc2)=C/3OC)/C=N\1. The highest BCUT2D eigenvalue weighted by Crippen LogP contribution is 2.37. The first-order valence-corrected chi connectivity index (χ1v) is 16.5. The van der Waals surface area contributed by atoms with E-state index in [0.29, 0.717) is 11.8 Å². The fourth-order valence-electron chi connectivity index (χ4n) is 6.91. The van der Waals surface area contributed by atoms with Crippen LogP contribution in [0.15, 0.2) is 77.5 Å². The number of aliphatic imine (C=N–C) groups is 1. The number of rotatable bonds is 7. The van der Waals surface area contributed by atoms with Gasteiger partial charge in [-0.15, -0.1) is 0 Å². The average molecular weight is 579 g/mol. The maximum absolute atomic E-state index is 6.28. The van der Waals surface area contributed by atoms with Gasteiger partial charge >= 0.3 is 0 Å². The smallest absolute Gasteiger partial charge is 0.134 e. The van der Waals surface area contributed by atoms with Crippen molar-refractivity contribution in [3.63, 3.8) is 0 Å². The molecule has 3 atom stereocenters. The summed E-state index contributed by atoms with van der Waals surface area (Å²) < 4.78 is 12.2. The third kappa shape index (κ3) is 7.24. The van der Waals surface area contributed by atoms with E-state index in [1.54, 1.807) is 0 Å². The standard InChI is InChI=1S/C39H50N2O2/c1-7-30(8-2)38-22-17-27(3)23-32(24-40-38)34-15-12-16-37-36(34)14-11-9-10-13-35(39(37)42-6)31-18-20-33(21-19-31)41-25-28(4)43-29(5)26-41/h10,12-13,15-16,18-24,27-30H,7-9,11,14,17,25-26H2,1-6H3/b13-10-,32-23-,38-22+,39-35-,40-24-/t27?,28-,29?/m0/s1. The van der Waals surface area contributed by atoms with Crippen LogP contribution in [0, 0.1) is 11.8 Å². The highest BCUT2D eigenvalue weighted by atomic mass is 16.5. The fraction of sp³-hybridized carbons (Fsp3) is 0.462. The summed E-state index contributed by atoms with van der Waals surface area (Å²) in [6.45, 7) is 13.0. The summed E-state index contributed by atoms with van der Waals surface area (Å²) in [5, 5.41) is 0. The largest absolute Gasteiger partial charge is 0.495 e. The lowest BCUT2D eigenvalue weighted by molar-refractivity contribution is -0.00521. The Bertz CT molecular complexity index is 1400. The Morgan fingerprint density at radius 1 is 0.977 bits per heavy atom. The number of nitrogens with zero attached hydrogens (tertiary/aromatic N) is 2. The van der Waals surface area contributed by atoms with Gasteiger partial charge in [0.25, 0.3) is 0 Å². The van der Waals surface area contributed by atoms with E-state index in [-0.39, 0.29) is 12.2 Å². The van der Waals surface area contributed by atoms with E-state index in [0.717, 1.165) is 62.9 Å². The number of morpholine rings is 1. The first-order valence-electron chi connectivity index (χ1n) is 16.5. The van der Waals surface area contributed by atoms with E-state index < -0.39 is 0 Å². The lowest BCUT2D eigenvalue weighted by atomic mass is 9.88. The number of hydrogen-bond acceptors (Lipinski definition) is 4. The van der Waals surface area contributed by atoms with Gasteiger partial charge in [0.1, 0.15) is 5.76 Å². The summed E-state index contributed by atoms with van der Waals surface area (Å²) in [4.78, 5) is 7.52. The van der Waals surface area contributed by atoms with E-state index >= 15 is 0 Å². The van der Waals surface area contributed by atoms with Crippen molar-refractivity contribution in [2.24, 2.45) is 16.8 Å². The molecule has 1 fully saturated rings. The lowest BCUT2D eigenvalue weighted by Gasteiger charge is -2.37. The third-order valence-electron chi connectivity index (χ3n) is 9.14. The van der Waals surface area contributed by atoms with Crippen LogP contribution in [0.4, 0.5) is 5.69 Å². The molecule has 43 heavy (non-hydrogen) atoms. The Labute approximate surface area is 259 Å². The Hall–Kier alpha value is -3.37. The summed E-state index contributed by atoms with van der Waals surface area (Å²) in [5.41, 5.74) is 9.82. The summed E-state index contributed by atoms with van der Waals surface area (Å²) in [7, 11) is 1.81. The molecule has 2 aromatic rings. The molecule has 1 saturated heterocycles. The number of hydrogen-bond donors (Lipinski definition) is 0. The van der Waals surface area contributed by atoms with Crippen molar-refractivity contribution in [3.8, 4) is 0 Å². The molecule has 0 N–H and O–H groups in total. The van der Waals surface area contributed by atoms with Crippen LogP contribution in [0.25, 0.3) is 16.9 Å². The molecule has 0 aromatic heterocycles. The molecule has 4 heteroatoms. The van der Waals surface area contributed by atoms with Gasteiger partial charge in [0, 0.05) is 47.7 Å². The first kappa shape index (κ1) is 31.1. The van der Waals surface area contributed by atoms with Crippen LogP contribution in [0.1, 0.15) is 89.0 Å². The number of benzene rings is 2. The Morgan fingerprint density at radius 3 is 2.40 bits per heavy atom.